The first-order chi connectivity index (χ1) is 12.5. The molecule has 1 aromatic carbocycles. The lowest BCUT2D eigenvalue weighted by molar-refractivity contribution is -0.289. The molecule has 0 bridgehead atoms. The van der Waals surface area contributed by atoms with Gasteiger partial charge >= 0.3 is 18.1 Å². The van der Waals surface area contributed by atoms with Gasteiger partial charge in [0.2, 0.25) is 15.0 Å². The van der Waals surface area contributed by atoms with Gasteiger partial charge < -0.3 is 4.42 Å². The maximum absolute atomic E-state index is 13.5. The summed E-state index contributed by atoms with van der Waals surface area (Å²) in [5.74, 6) is -5.31. The van der Waals surface area contributed by atoms with E-state index in [-0.39, 0.29) is 34.6 Å². The summed E-state index contributed by atoms with van der Waals surface area (Å²) in [5, 5.41) is -0.347. The van der Waals surface area contributed by atoms with Gasteiger partial charge in [-0.3, -0.25) is 4.90 Å². The molecular weight excluding hydrogens is 397 g/mol. The zero-order valence-electron chi connectivity index (χ0n) is 13.7. The van der Waals surface area contributed by atoms with Crippen molar-refractivity contribution >= 4 is 32.1 Å². The second-order valence-corrected chi connectivity index (χ2v) is 7.73. The van der Waals surface area contributed by atoms with Gasteiger partial charge in [0, 0.05) is 18.3 Å². The number of halogens is 5. The summed E-state index contributed by atoms with van der Waals surface area (Å²) in [6.07, 6.45) is -2.98. The molecule has 0 spiro atoms. The number of alkyl halides is 5. The molecule has 0 aliphatic carbocycles. The van der Waals surface area contributed by atoms with Crippen molar-refractivity contribution in [3.8, 4) is 0 Å². The van der Waals surface area contributed by atoms with E-state index in [0.29, 0.717) is 12.1 Å². The van der Waals surface area contributed by atoms with Crippen LogP contribution >= 0.6 is 0 Å². The van der Waals surface area contributed by atoms with E-state index in [1.165, 1.54) is 19.2 Å². The average molecular weight is 409 g/mol. The number of aromatic nitrogens is 1. The largest absolute Gasteiger partial charge is 0.458 e. The van der Waals surface area contributed by atoms with E-state index >= 15 is 0 Å². The highest BCUT2D eigenvalue weighted by atomic mass is 32.2. The summed E-state index contributed by atoms with van der Waals surface area (Å²) in [6.45, 7) is 1.43. The fraction of sp³-hybridized carbons (Fsp3) is 0.333. The number of sulfone groups is 1. The maximum atomic E-state index is 13.5. The third-order valence-corrected chi connectivity index (χ3v) is 5.44. The molecule has 0 N–H and O–H groups in total. The Morgan fingerprint density at radius 2 is 1.93 bits per heavy atom. The maximum Gasteiger partial charge on any atom is 0.458 e. The lowest BCUT2D eigenvalue weighted by Crippen LogP contribution is -2.39. The van der Waals surface area contributed by atoms with Crippen LogP contribution < -0.4 is 4.90 Å². The highest BCUT2D eigenvalue weighted by Crippen LogP contribution is 2.44. The summed E-state index contributed by atoms with van der Waals surface area (Å²) >= 11 is 0. The molecule has 0 saturated heterocycles. The molecule has 1 aromatic heterocycles. The van der Waals surface area contributed by atoms with Crippen LogP contribution in [-0.4, -0.2) is 37.0 Å². The monoisotopic (exact) mass is 409 g/mol. The summed E-state index contributed by atoms with van der Waals surface area (Å²) in [6, 6.07) is 1.78. The SMILES string of the molecule is CCS(=O)(=O)C1=NC=CCN1c1nc2cc(C(F)(F)C(F)(F)F)ccc2o1. The zero-order chi connectivity index (χ0) is 20.0. The van der Waals surface area contributed by atoms with Gasteiger partial charge in [0.05, 0.1) is 5.75 Å². The van der Waals surface area contributed by atoms with Crippen molar-refractivity contribution in [1.29, 1.82) is 0 Å². The minimum absolute atomic E-state index is 0.0243. The third kappa shape index (κ3) is 3.29. The Morgan fingerprint density at radius 3 is 2.56 bits per heavy atom. The van der Waals surface area contributed by atoms with E-state index in [0.717, 1.165) is 11.0 Å². The van der Waals surface area contributed by atoms with E-state index < -0.39 is 27.5 Å². The number of anilines is 1. The van der Waals surface area contributed by atoms with Crippen molar-refractivity contribution in [2.24, 2.45) is 4.99 Å². The topological polar surface area (TPSA) is 75.8 Å². The fourth-order valence-electron chi connectivity index (χ4n) is 2.34. The second kappa shape index (κ2) is 6.29. The van der Waals surface area contributed by atoms with Crippen molar-refractivity contribution in [3.63, 3.8) is 0 Å². The van der Waals surface area contributed by atoms with Gasteiger partial charge in [0.1, 0.15) is 5.52 Å². The van der Waals surface area contributed by atoms with Crippen LogP contribution in [0, 0.1) is 0 Å². The highest BCUT2D eigenvalue weighted by molar-refractivity contribution is 8.06. The van der Waals surface area contributed by atoms with Crippen molar-refractivity contribution < 1.29 is 34.8 Å². The van der Waals surface area contributed by atoms with Crippen LogP contribution in [0.5, 0.6) is 0 Å². The Morgan fingerprint density at radius 1 is 1.22 bits per heavy atom. The van der Waals surface area contributed by atoms with Crippen LogP contribution in [0.1, 0.15) is 12.5 Å². The molecule has 2 heterocycles. The number of nitrogens with zero attached hydrogens (tertiary/aromatic N) is 3. The number of aliphatic imine (C=N–C) groups is 1. The van der Waals surface area contributed by atoms with E-state index in [1.807, 2.05) is 0 Å². The Labute approximate surface area is 149 Å². The van der Waals surface area contributed by atoms with Gasteiger partial charge in [-0.25, -0.2) is 13.4 Å². The lowest BCUT2D eigenvalue weighted by Gasteiger charge is -2.21. The highest BCUT2D eigenvalue weighted by Gasteiger charge is 2.58. The summed E-state index contributed by atoms with van der Waals surface area (Å²) < 4.78 is 94.3. The number of oxazole rings is 1. The predicted octanol–water partition coefficient (Wildman–Crippen LogP) is 3.61. The molecule has 0 amide bonds. The molecule has 0 atom stereocenters. The molecule has 0 fully saturated rings. The number of fused-ring (bicyclic) bond motifs is 1. The fourth-order valence-corrected chi connectivity index (χ4v) is 3.31. The Bertz CT molecular complexity index is 1040. The van der Waals surface area contributed by atoms with E-state index in [2.05, 4.69) is 9.98 Å². The lowest BCUT2D eigenvalue weighted by atomic mass is 10.1. The zero-order valence-corrected chi connectivity index (χ0v) is 14.5. The number of rotatable bonds is 3. The number of hydrogen-bond acceptors (Lipinski definition) is 6. The normalized spacial score (nSPS) is 16.1. The molecular formula is C15H12F5N3O3S. The molecule has 12 heteroatoms. The summed E-state index contributed by atoms with van der Waals surface area (Å²) in [7, 11) is -3.75. The van der Waals surface area contributed by atoms with Gasteiger partial charge in [-0.05, 0) is 24.3 Å². The van der Waals surface area contributed by atoms with Crippen molar-refractivity contribution in [2.75, 3.05) is 17.2 Å². The first-order valence-corrected chi connectivity index (χ1v) is 9.21. The molecule has 1 aliphatic rings. The minimum Gasteiger partial charge on any atom is -0.423 e. The second-order valence-electron chi connectivity index (χ2n) is 5.56. The molecule has 146 valence electrons. The van der Waals surface area contributed by atoms with Crippen LogP contribution in [0.15, 0.2) is 39.9 Å². The third-order valence-electron chi connectivity index (χ3n) is 3.79. The number of hydrogen-bond donors (Lipinski definition) is 0. The quantitative estimate of drug-likeness (QED) is 0.724. The molecule has 0 unspecified atom stereocenters. The predicted molar refractivity (Wildman–Crippen MR) is 87.3 cm³/mol. The average Bonchev–Trinajstić information content (AvgIpc) is 3.04. The first-order valence-electron chi connectivity index (χ1n) is 7.56. The molecule has 0 radical (unpaired) electrons. The van der Waals surface area contributed by atoms with Crippen molar-refractivity contribution in [2.45, 2.75) is 19.0 Å². The Balaban J connectivity index is 2.05. The van der Waals surface area contributed by atoms with Crippen LogP contribution in [0.2, 0.25) is 0 Å². The summed E-state index contributed by atoms with van der Waals surface area (Å²) in [4.78, 5) is 8.76. The Kier molecular flexibility index (Phi) is 4.49. The van der Waals surface area contributed by atoms with Gasteiger partial charge in [0.25, 0.3) is 0 Å². The summed E-state index contributed by atoms with van der Waals surface area (Å²) in [5.41, 5.74) is -1.64. The number of benzene rings is 1. The molecule has 6 nitrogen and oxygen atoms in total. The van der Waals surface area contributed by atoms with Crippen LogP contribution in [-0.2, 0) is 15.8 Å². The smallest absolute Gasteiger partial charge is 0.423 e. The van der Waals surface area contributed by atoms with Gasteiger partial charge in [-0.2, -0.15) is 26.9 Å². The Hall–Kier alpha value is -2.50. The van der Waals surface area contributed by atoms with E-state index in [4.69, 9.17) is 4.42 Å². The van der Waals surface area contributed by atoms with Crippen LogP contribution in [0.4, 0.5) is 28.0 Å². The minimum atomic E-state index is -5.76. The number of amidine groups is 1. The molecule has 1 aliphatic heterocycles. The molecule has 27 heavy (non-hydrogen) atoms. The molecule has 2 aromatic rings. The van der Waals surface area contributed by atoms with Crippen LogP contribution in [0.3, 0.4) is 0 Å². The van der Waals surface area contributed by atoms with Gasteiger partial charge in [0.15, 0.2) is 5.58 Å². The van der Waals surface area contributed by atoms with Gasteiger partial charge in [-0.15, -0.1) is 0 Å². The van der Waals surface area contributed by atoms with Crippen molar-refractivity contribution in [3.05, 3.63) is 36.0 Å². The van der Waals surface area contributed by atoms with Crippen molar-refractivity contribution in [1.82, 2.24) is 4.98 Å². The van der Waals surface area contributed by atoms with E-state index in [1.54, 1.807) is 0 Å². The van der Waals surface area contributed by atoms with E-state index in [9.17, 15) is 30.4 Å². The molecule has 0 saturated carbocycles. The van der Waals surface area contributed by atoms with Gasteiger partial charge in [-0.1, -0.05) is 6.92 Å². The van der Waals surface area contributed by atoms with Crippen LogP contribution in [0.25, 0.3) is 11.1 Å². The molecule has 3 rings (SSSR count). The standard InChI is InChI=1S/C15H12F5N3O3S/c1-2-27(24,25)13-21-6-3-7-23(13)12-22-10-8-9(4-5-11(10)26-12)14(16,17)15(18,19)20/h3-6,8H,2,7H2,1H3. The first kappa shape index (κ1) is 19.3.